The number of likely N-dealkylation sites (N-methyl/N-ethyl adjacent to an activating group) is 3. The number of cyclic esters (lactones) is 1. The van der Waals surface area contributed by atoms with E-state index in [1.807, 2.05) is 65.0 Å². The van der Waals surface area contributed by atoms with Gasteiger partial charge in [-0.05, 0) is 62.3 Å². The minimum atomic E-state index is -1.33. The van der Waals surface area contributed by atoms with Crippen molar-refractivity contribution in [2.24, 2.45) is 23.7 Å². The van der Waals surface area contributed by atoms with Crippen LogP contribution in [0, 0.1) is 23.7 Å². The SMILES string of the molecule is CCCC[C@@H](C)C[C@@H]1NC(=O)[C@H](Cc2ccccc2)N(C)C(=O)[C@H](CC(C)C)NC(=O)C(CC(C)C)N(C)C(=O)C(C(C)C)NC(=O)[C@@H](C)OC(=O)C(C)N(C)C1=O. The number of carbonyl (C=O) groups excluding carboxylic acids is 7. The van der Waals surface area contributed by atoms with Crippen molar-refractivity contribution in [1.29, 1.82) is 0 Å². The topological polar surface area (TPSA) is 175 Å². The third-order valence-corrected chi connectivity index (χ3v) is 11.0. The van der Waals surface area contributed by atoms with Crippen molar-refractivity contribution < 1.29 is 38.3 Å². The largest absolute Gasteiger partial charge is 0.451 e. The van der Waals surface area contributed by atoms with Gasteiger partial charge in [-0.1, -0.05) is 105 Å². The lowest BCUT2D eigenvalue weighted by Gasteiger charge is -2.36. The van der Waals surface area contributed by atoms with Crippen LogP contribution in [-0.4, -0.2) is 120 Å². The van der Waals surface area contributed by atoms with Gasteiger partial charge in [0, 0.05) is 27.6 Å². The van der Waals surface area contributed by atoms with E-state index in [9.17, 15) is 33.6 Å². The van der Waals surface area contributed by atoms with Gasteiger partial charge in [0.2, 0.25) is 29.5 Å². The molecule has 1 aliphatic rings. The van der Waals surface area contributed by atoms with Gasteiger partial charge in [0.25, 0.3) is 5.91 Å². The lowest BCUT2D eigenvalue weighted by molar-refractivity contribution is -0.162. The fraction of sp³-hybridized carbons (Fsp3) is 0.705. The molecule has 0 bridgehead atoms. The molecular formula is C44H72N6O8. The first-order valence-electron chi connectivity index (χ1n) is 21.1. The summed E-state index contributed by atoms with van der Waals surface area (Å²) in [6.07, 6.45) is 2.23. The summed E-state index contributed by atoms with van der Waals surface area (Å²) < 4.78 is 5.55. The van der Waals surface area contributed by atoms with Crippen LogP contribution >= 0.6 is 0 Å². The van der Waals surface area contributed by atoms with Crippen LogP contribution in [0.25, 0.3) is 0 Å². The van der Waals surface area contributed by atoms with E-state index < -0.39 is 89.7 Å². The Kier molecular flexibility index (Phi) is 19.9. The Morgan fingerprint density at radius 2 is 1.16 bits per heavy atom. The predicted octanol–water partition coefficient (Wildman–Crippen LogP) is 4.09. The highest BCUT2D eigenvalue weighted by Crippen LogP contribution is 2.21. The van der Waals surface area contributed by atoms with Crippen molar-refractivity contribution in [2.75, 3.05) is 21.1 Å². The van der Waals surface area contributed by atoms with Gasteiger partial charge in [-0.15, -0.1) is 0 Å². The highest BCUT2D eigenvalue weighted by Gasteiger charge is 2.40. The van der Waals surface area contributed by atoms with Gasteiger partial charge in [0.15, 0.2) is 6.10 Å². The second-order valence-electron chi connectivity index (χ2n) is 17.4. The van der Waals surface area contributed by atoms with E-state index >= 15 is 0 Å². The van der Waals surface area contributed by atoms with Crippen LogP contribution in [0.1, 0.15) is 113 Å². The zero-order chi connectivity index (χ0) is 44.0. The maximum atomic E-state index is 14.6. The molecule has 1 aromatic rings. The maximum Gasteiger partial charge on any atom is 0.329 e. The van der Waals surface area contributed by atoms with Gasteiger partial charge in [-0.2, -0.15) is 0 Å². The molecule has 0 aromatic heterocycles. The molecule has 1 heterocycles. The summed E-state index contributed by atoms with van der Waals surface area (Å²) in [5, 5.41) is 8.61. The van der Waals surface area contributed by atoms with Gasteiger partial charge in [0.05, 0.1) is 0 Å². The summed E-state index contributed by atoms with van der Waals surface area (Å²) in [7, 11) is 4.46. The van der Waals surface area contributed by atoms with Crippen molar-refractivity contribution in [2.45, 2.75) is 157 Å². The van der Waals surface area contributed by atoms with Crippen LogP contribution in [-0.2, 0) is 44.7 Å². The zero-order valence-electron chi connectivity index (χ0n) is 37.3. The van der Waals surface area contributed by atoms with Gasteiger partial charge < -0.3 is 35.4 Å². The second-order valence-corrected chi connectivity index (χ2v) is 17.4. The number of rotatable bonds is 12. The van der Waals surface area contributed by atoms with E-state index in [4.69, 9.17) is 4.74 Å². The van der Waals surface area contributed by atoms with Gasteiger partial charge >= 0.3 is 5.97 Å². The van der Waals surface area contributed by atoms with E-state index in [2.05, 4.69) is 22.9 Å². The average molecular weight is 813 g/mol. The van der Waals surface area contributed by atoms with Crippen LogP contribution in [0.5, 0.6) is 0 Å². The number of esters is 1. The maximum absolute atomic E-state index is 14.6. The molecule has 0 radical (unpaired) electrons. The number of hydrogen-bond donors (Lipinski definition) is 3. The minimum absolute atomic E-state index is 0.0224. The summed E-state index contributed by atoms with van der Waals surface area (Å²) in [5.41, 5.74) is 0.777. The molecule has 1 fully saturated rings. The molecule has 14 heteroatoms. The van der Waals surface area contributed by atoms with Crippen LogP contribution in [0.3, 0.4) is 0 Å². The number of benzene rings is 1. The van der Waals surface area contributed by atoms with Crippen molar-refractivity contribution in [1.82, 2.24) is 30.7 Å². The Labute approximate surface area is 346 Å². The van der Waals surface area contributed by atoms with Crippen molar-refractivity contribution in [3.8, 4) is 0 Å². The molecule has 3 N–H and O–H groups in total. The summed E-state index contributed by atoms with van der Waals surface area (Å²) in [5.74, 6) is -4.74. The van der Waals surface area contributed by atoms with Crippen molar-refractivity contribution >= 4 is 41.4 Å². The Bertz CT molecular complexity index is 1550. The fourth-order valence-corrected chi connectivity index (χ4v) is 7.13. The van der Waals surface area contributed by atoms with Gasteiger partial charge in [-0.3, -0.25) is 28.8 Å². The minimum Gasteiger partial charge on any atom is -0.451 e. The molecule has 3 unspecified atom stereocenters. The lowest BCUT2D eigenvalue weighted by atomic mass is 9.94. The molecule has 0 saturated carbocycles. The van der Waals surface area contributed by atoms with Crippen molar-refractivity contribution in [3.63, 3.8) is 0 Å². The number of carbonyl (C=O) groups is 7. The monoisotopic (exact) mass is 813 g/mol. The van der Waals surface area contributed by atoms with Crippen LogP contribution in [0.2, 0.25) is 0 Å². The van der Waals surface area contributed by atoms with Crippen LogP contribution < -0.4 is 16.0 Å². The Morgan fingerprint density at radius 3 is 1.69 bits per heavy atom. The molecule has 14 nitrogen and oxygen atoms in total. The van der Waals surface area contributed by atoms with Crippen molar-refractivity contribution in [3.05, 3.63) is 35.9 Å². The third kappa shape index (κ3) is 14.4. The molecule has 0 aliphatic carbocycles. The highest BCUT2D eigenvalue weighted by molar-refractivity contribution is 5.97. The lowest BCUT2D eigenvalue weighted by Crippen LogP contribution is -2.60. The summed E-state index contributed by atoms with van der Waals surface area (Å²) >= 11 is 0. The summed E-state index contributed by atoms with van der Waals surface area (Å²) in [6, 6.07) is 2.77. The number of ether oxygens (including phenoxy) is 1. The molecule has 1 saturated heterocycles. The van der Waals surface area contributed by atoms with E-state index in [0.717, 1.165) is 24.8 Å². The Balaban J connectivity index is 2.81. The second kappa shape index (κ2) is 23.2. The smallest absolute Gasteiger partial charge is 0.329 e. The molecule has 0 spiro atoms. The molecule has 326 valence electrons. The van der Waals surface area contributed by atoms with Crippen LogP contribution in [0.15, 0.2) is 30.3 Å². The predicted molar refractivity (Wildman–Crippen MR) is 224 cm³/mol. The van der Waals surface area contributed by atoms with E-state index in [1.165, 1.54) is 49.7 Å². The normalized spacial score (nSPS) is 26.0. The first kappa shape index (κ1) is 49.7. The number of hydrogen-bond acceptors (Lipinski definition) is 8. The molecule has 1 aliphatic heterocycles. The first-order chi connectivity index (χ1) is 27.1. The number of amides is 6. The molecule has 58 heavy (non-hydrogen) atoms. The third-order valence-electron chi connectivity index (χ3n) is 11.0. The molecule has 1 aromatic carbocycles. The van der Waals surface area contributed by atoms with E-state index in [1.54, 1.807) is 13.8 Å². The van der Waals surface area contributed by atoms with Gasteiger partial charge in [0.1, 0.15) is 36.3 Å². The highest BCUT2D eigenvalue weighted by atomic mass is 16.5. The first-order valence-corrected chi connectivity index (χ1v) is 21.1. The average Bonchev–Trinajstić information content (AvgIpc) is 3.17. The van der Waals surface area contributed by atoms with E-state index in [0.29, 0.717) is 0 Å². The van der Waals surface area contributed by atoms with Crippen LogP contribution in [0.4, 0.5) is 0 Å². The quantitative estimate of drug-likeness (QED) is 0.265. The molecule has 2 rings (SSSR count). The molecular weight excluding hydrogens is 741 g/mol. The molecule has 8 atom stereocenters. The summed E-state index contributed by atoms with van der Waals surface area (Å²) in [6.45, 7) is 18.1. The molecule has 6 amide bonds. The number of unbranched alkanes of at least 4 members (excludes halogenated alkanes) is 1. The van der Waals surface area contributed by atoms with Gasteiger partial charge in [-0.25, -0.2) is 4.79 Å². The zero-order valence-corrected chi connectivity index (χ0v) is 37.3. The standard InChI is InChI=1S/C44H72N6O8/c1-14-15-19-29(8)24-34-41(54)48(11)30(9)44(57)58-31(10)38(51)47-37(28(6)7)43(56)50(13)35(23-27(4)5)39(52)45-33(22-26(2)3)42(55)49(12)36(40(53)46-34)25-32-20-17-16-18-21-32/h16-18,20-21,26-31,33-37H,14-15,19,22-25H2,1-13H3,(H,45,52)(H,46,53)(H,47,51)/t29-,30?,31-,33+,34+,35?,36+,37?/m1/s1. The summed E-state index contributed by atoms with van der Waals surface area (Å²) in [4.78, 5) is 103. The number of nitrogens with one attached hydrogen (secondary N) is 3. The fourth-order valence-electron chi connectivity index (χ4n) is 7.13. The Hall–Kier alpha value is -4.49. The van der Waals surface area contributed by atoms with E-state index in [-0.39, 0.29) is 43.4 Å². The Morgan fingerprint density at radius 1 is 0.638 bits per heavy atom. The number of nitrogens with zero attached hydrogens (tertiary/aromatic N) is 3.